The van der Waals surface area contributed by atoms with Crippen molar-refractivity contribution >= 4 is 0 Å². The molecular weight excluding hydrogens is 216 g/mol. The van der Waals surface area contributed by atoms with Crippen LogP contribution in [0, 0.1) is 30.6 Å². The molecule has 92 valence electrons. The van der Waals surface area contributed by atoms with Gasteiger partial charge in [-0.2, -0.15) is 0 Å². The van der Waals surface area contributed by atoms with Crippen LogP contribution in [0.1, 0.15) is 30.9 Å². The minimum atomic E-state index is 0.240. The normalized spacial score (nSPS) is 37.8. The predicted octanol–water partition coefficient (Wildman–Crippen LogP) is 4.56. The first-order valence-corrected chi connectivity index (χ1v) is 6.80. The van der Waals surface area contributed by atoms with Crippen molar-refractivity contribution in [3.8, 4) is 0 Å². The first-order chi connectivity index (χ1) is 8.61. The molecule has 0 N–H and O–H groups in total. The highest BCUT2D eigenvalue weighted by atomic mass is 14.5. The largest absolute Gasteiger partial charge is 0.0799 e. The smallest absolute Gasteiger partial charge is 0.000600 e. The second kappa shape index (κ2) is 4.12. The molecule has 0 spiro atoms. The molecule has 2 aliphatic rings. The Balaban J connectivity index is 1.94. The van der Waals surface area contributed by atoms with Crippen LogP contribution in [0.5, 0.6) is 0 Å². The monoisotopic (exact) mass is 236 g/mol. The highest BCUT2D eigenvalue weighted by molar-refractivity contribution is 5.36. The van der Waals surface area contributed by atoms with Crippen molar-refractivity contribution in [2.24, 2.45) is 17.3 Å². The summed E-state index contributed by atoms with van der Waals surface area (Å²) in [5, 5.41) is 0. The second-order valence-corrected chi connectivity index (χ2v) is 5.93. The first kappa shape index (κ1) is 11.8. The van der Waals surface area contributed by atoms with E-state index in [1.54, 1.807) is 0 Å². The van der Waals surface area contributed by atoms with Crippen LogP contribution in [0.15, 0.2) is 48.6 Å². The zero-order valence-corrected chi connectivity index (χ0v) is 11.4. The van der Waals surface area contributed by atoms with Crippen molar-refractivity contribution in [3.63, 3.8) is 0 Å². The number of hydrogen-bond donors (Lipinski definition) is 0. The predicted molar refractivity (Wildman–Crippen MR) is 76.2 cm³/mol. The van der Waals surface area contributed by atoms with Gasteiger partial charge < -0.3 is 0 Å². The van der Waals surface area contributed by atoms with Gasteiger partial charge in [-0.25, -0.2) is 0 Å². The van der Waals surface area contributed by atoms with Gasteiger partial charge >= 0.3 is 0 Å². The molecule has 1 aromatic rings. The number of allylic oxidation sites excluding steroid dienone is 4. The molecule has 0 aliphatic heterocycles. The summed E-state index contributed by atoms with van der Waals surface area (Å²) in [6.45, 7) is 6.87. The molecule has 4 unspecified atom stereocenters. The summed E-state index contributed by atoms with van der Waals surface area (Å²) < 4.78 is 0. The molecule has 1 fully saturated rings. The van der Waals surface area contributed by atoms with E-state index in [9.17, 15) is 0 Å². The van der Waals surface area contributed by atoms with Gasteiger partial charge in [0.25, 0.3) is 0 Å². The maximum Gasteiger partial charge on any atom is -0.000600 e. The fourth-order valence-corrected chi connectivity index (χ4v) is 3.27. The summed E-state index contributed by atoms with van der Waals surface area (Å²) in [6.07, 6.45) is 12.8. The van der Waals surface area contributed by atoms with Crippen LogP contribution < -0.4 is 0 Å². The zero-order chi connectivity index (χ0) is 12.8. The standard InChI is InChI=1S/C18H20/c1-13-7-9-15(10-8-13)17-12-16-6-4-5-11-18(16,3)14(17)2/h4-11,14,16-17H,1-3H3. The molecule has 3 rings (SSSR count). The molecule has 18 heavy (non-hydrogen) atoms. The summed E-state index contributed by atoms with van der Waals surface area (Å²) in [5.41, 5.74) is 2.97. The SMILES string of the molecule is Cc1ccc(C2[C]C3C=CC=CC3(C)C2C)cc1. The molecule has 0 nitrogen and oxygen atoms in total. The van der Waals surface area contributed by atoms with E-state index in [-0.39, 0.29) is 5.41 Å². The lowest BCUT2D eigenvalue weighted by atomic mass is 9.71. The summed E-state index contributed by atoms with van der Waals surface area (Å²) in [7, 11) is 0. The Morgan fingerprint density at radius 2 is 1.83 bits per heavy atom. The van der Waals surface area contributed by atoms with Gasteiger partial charge in [0, 0.05) is 0 Å². The summed E-state index contributed by atoms with van der Waals surface area (Å²) >= 11 is 0. The molecule has 1 aromatic carbocycles. The Hall–Kier alpha value is -1.30. The number of benzene rings is 1. The van der Waals surface area contributed by atoms with Gasteiger partial charge in [-0.3, -0.25) is 0 Å². The van der Waals surface area contributed by atoms with Gasteiger partial charge in [0.2, 0.25) is 0 Å². The van der Waals surface area contributed by atoms with E-state index in [4.69, 9.17) is 0 Å². The molecule has 0 bridgehead atoms. The van der Waals surface area contributed by atoms with Crippen molar-refractivity contribution in [2.45, 2.75) is 26.7 Å². The molecule has 2 aliphatic carbocycles. The summed E-state index contributed by atoms with van der Waals surface area (Å²) in [4.78, 5) is 0. The van der Waals surface area contributed by atoms with Crippen LogP contribution in [-0.2, 0) is 0 Å². The minimum Gasteiger partial charge on any atom is -0.0799 e. The third kappa shape index (κ3) is 1.67. The van der Waals surface area contributed by atoms with Crippen molar-refractivity contribution in [1.82, 2.24) is 0 Å². The summed E-state index contributed by atoms with van der Waals surface area (Å²) in [5.74, 6) is 1.52. The number of aryl methyl sites for hydroxylation is 1. The van der Waals surface area contributed by atoms with Gasteiger partial charge in [-0.15, -0.1) is 0 Å². The Morgan fingerprint density at radius 1 is 1.11 bits per heavy atom. The average Bonchev–Trinajstić information content (AvgIpc) is 2.64. The molecule has 0 aromatic heterocycles. The number of hydrogen-bond acceptors (Lipinski definition) is 0. The van der Waals surface area contributed by atoms with Crippen LogP contribution in [0.25, 0.3) is 0 Å². The van der Waals surface area contributed by atoms with Crippen molar-refractivity contribution < 1.29 is 0 Å². The lowest BCUT2D eigenvalue weighted by Crippen LogP contribution is -2.26. The Labute approximate surface area is 110 Å². The third-order valence-corrected chi connectivity index (χ3v) is 4.82. The molecule has 0 saturated heterocycles. The maximum absolute atomic E-state index is 3.78. The van der Waals surface area contributed by atoms with Gasteiger partial charge in [-0.05, 0) is 42.1 Å². The highest BCUT2D eigenvalue weighted by Crippen LogP contribution is 2.56. The number of fused-ring (bicyclic) bond motifs is 1. The van der Waals surface area contributed by atoms with E-state index in [1.165, 1.54) is 11.1 Å². The quantitative estimate of drug-likeness (QED) is 0.670. The van der Waals surface area contributed by atoms with Crippen LogP contribution in [0.4, 0.5) is 0 Å². The molecule has 0 heterocycles. The zero-order valence-electron chi connectivity index (χ0n) is 11.4. The lowest BCUT2D eigenvalue weighted by molar-refractivity contribution is 0.271. The molecule has 4 atom stereocenters. The Bertz CT molecular complexity index is 491. The van der Waals surface area contributed by atoms with E-state index in [0.717, 1.165) is 0 Å². The molecule has 0 heteroatoms. The fourth-order valence-electron chi connectivity index (χ4n) is 3.27. The van der Waals surface area contributed by atoms with E-state index in [1.807, 2.05) is 0 Å². The Morgan fingerprint density at radius 3 is 2.50 bits per heavy atom. The average molecular weight is 236 g/mol. The van der Waals surface area contributed by atoms with E-state index in [2.05, 4.69) is 75.8 Å². The molecular formula is C18H20. The van der Waals surface area contributed by atoms with Crippen LogP contribution in [0.2, 0.25) is 0 Å². The summed E-state index contributed by atoms with van der Waals surface area (Å²) in [6, 6.07) is 8.94. The second-order valence-electron chi connectivity index (χ2n) is 5.93. The molecule has 0 amide bonds. The van der Waals surface area contributed by atoms with Gasteiger partial charge in [0.15, 0.2) is 0 Å². The van der Waals surface area contributed by atoms with Crippen LogP contribution >= 0.6 is 0 Å². The van der Waals surface area contributed by atoms with Crippen molar-refractivity contribution in [1.29, 1.82) is 0 Å². The maximum atomic E-state index is 3.78. The highest BCUT2D eigenvalue weighted by Gasteiger charge is 2.48. The minimum absolute atomic E-state index is 0.240. The Kier molecular flexibility index (Phi) is 2.69. The van der Waals surface area contributed by atoms with E-state index in [0.29, 0.717) is 17.8 Å². The van der Waals surface area contributed by atoms with Gasteiger partial charge in [0.1, 0.15) is 0 Å². The van der Waals surface area contributed by atoms with E-state index >= 15 is 0 Å². The van der Waals surface area contributed by atoms with Gasteiger partial charge in [-0.1, -0.05) is 68.0 Å². The number of rotatable bonds is 1. The van der Waals surface area contributed by atoms with Crippen molar-refractivity contribution in [2.75, 3.05) is 0 Å². The van der Waals surface area contributed by atoms with Crippen molar-refractivity contribution in [3.05, 3.63) is 66.1 Å². The van der Waals surface area contributed by atoms with Crippen LogP contribution in [-0.4, -0.2) is 0 Å². The van der Waals surface area contributed by atoms with Crippen LogP contribution in [0.3, 0.4) is 0 Å². The topological polar surface area (TPSA) is 0 Å². The van der Waals surface area contributed by atoms with E-state index < -0.39 is 0 Å². The third-order valence-electron chi connectivity index (χ3n) is 4.82. The molecule has 2 radical (unpaired) electrons. The van der Waals surface area contributed by atoms with Gasteiger partial charge in [0.05, 0.1) is 0 Å². The first-order valence-electron chi connectivity index (χ1n) is 6.80. The lowest BCUT2D eigenvalue weighted by Gasteiger charge is -2.33. The fraction of sp³-hybridized carbons (Fsp3) is 0.389. The molecule has 1 saturated carbocycles.